The van der Waals surface area contributed by atoms with Crippen molar-refractivity contribution in [2.24, 2.45) is 0 Å². The maximum atomic E-state index is 12.2. The number of aromatic carboxylic acids is 1. The van der Waals surface area contributed by atoms with Crippen LogP contribution >= 0.6 is 11.8 Å². The van der Waals surface area contributed by atoms with Gasteiger partial charge in [-0.25, -0.2) is 4.79 Å². The molecule has 3 rings (SSSR count). The molecule has 0 aliphatic carbocycles. The topological polar surface area (TPSA) is 74.7 Å². The fourth-order valence-corrected chi connectivity index (χ4v) is 3.44. The number of hydrogen-bond donors (Lipinski definition) is 1. The van der Waals surface area contributed by atoms with Crippen LogP contribution in [0, 0.1) is 0 Å². The molecule has 1 aliphatic rings. The van der Waals surface area contributed by atoms with Crippen molar-refractivity contribution in [2.45, 2.75) is 4.90 Å². The quantitative estimate of drug-likeness (QED) is 0.675. The highest BCUT2D eigenvalue weighted by Crippen LogP contribution is 2.26. The number of fused-ring (bicyclic) bond motifs is 1. The monoisotopic (exact) mass is 327 g/mol. The first-order valence-corrected chi connectivity index (χ1v) is 7.98. The smallest absolute Gasteiger partial charge is 0.336 e. The van der Waals surface area contributed by atoms with E-state index in [9.17, 15) is 14.4 Å². The van der Waals surface area contributed by atoms with Gasteiger partial charge in [-0.05, 0) is 24.3 Å². The fourth-order valence-electron chi connectivity index (χ4n) is 2.46. The molecule has 1 aliphatic heterocycles. The molecule has 2 aromatic carbocycles. The van der Waals surface area contributed by atoms with Gasteiger partial charge in [0.15, 0.2) is 0 Å². The lowest BCUT2D eigenvalue weighted by molar-refractivity contribution is 0.0658. The predicted molar refractivity (Wildman–Crippen MR) is 85.9 cm³/mol. The largest absolute Gasteiger partial charge is 0.478 e. The average Bonchev–Trinajstić information content (AvgIpc) is 2.80. The van der Waals surface area contributed by atoms with Crippen LogP contribution in [0.15, 0.2) is 53.4 Å². The summed E-state index contributed by atoms with van der Waals surface area (Å²) in [6, 6.07) is 13.4. The molecule has 2 aromatic rings. The minimum atomic E-state index is -0.992. The van der Waals surface area contributed by atoms with E-state index >= 15 is 0 Å². The van der Waals surface area contributed by atoms with E-state index in [0.29, 0.717) is 21.8 Å². The van der Waals surface area contributed by atoms with Crippen LogP contribution in [0.3, 0.4) is 0 Å². The molecule has 5 nitrogen and oxygen atoms in total. The molecule has 0 fully saturated rings. The summed E-state index contributed by atoms with van der Waals surface area (Å²) in [4.78, 5) is 37.4. The highest BCUT2D eigenvalue weighted by Gasteiger charge is 2.34. The average molecular weight is 327 g/mol. The minimum absolute atomic E-state index is 0.222. The summed E-state index contributed by atoms with van der Waals surface area (Å²) < 4.78 is 0. The second-order valence-electron chi connectivity index (χ2n) is 4.96. The highest BCUT2D eigenvalue weighted by atomic mass is 32.2. The Kier molecular flexibility index (Phi) is 4.16. The molecule has 0 atom stereocenters. The van der Waals surface area contributed by atoms with Crippen molar-refractivity contribution in [1.29, 1.82) is 0 Å². The van der Waals surface area contributed by atoms with Crippen molar-refractivity contribution in [3.05, 3.63) is 65.2 Å². The molecular weight excluding hydrogens is 314 g/mol. The number of nitrogens with zero attached hydrogens (tertiary/aromatic N) is 1. The van der Waals surface area contributed by atoms with Gasteiger partial charge in [-0.15, -0.1) is 11.8 Å². The van der Waals surface area contributed by atoms with Gasteiger partial charge in [-0.2, -0.15) is 0 Å². The van der Waals surface area contributed by atoms with Crippen LogP contribution in [0.2, 0.25) is 0 Å². The number of rotatable bonds is 5. The van der Waals surface area contributed by atoms with Crippen molar-refractivity contribution >= 4 is 29.5 Å². The molecule has 1 N–H and O–H groups in total. The number of imide groups is 1. The first-order chi connectivity index (χ1) is 11.1. The summed E-state index contributed by atoms with van der Waals surface area (Å²) in [6.07, 6.45) is 0. The van der Waals surface area contributed by atoms with E-state index < -0.39 is 5.97 Å². The fraction of sp³-hybridized carbons (Fsp3) is 0.118. The van der Waals surface area contributed by atoms with E-state index in [1.165, 1.54) is 22.7 Å². The maximum Gasteiger partial charge on any atom is 0.336 e. The van der Waals surface area contributed by atoms with Crippen molar-refractivity contribution in [1.82, 2.24) is 4.90 Å². The SMILES string of the molecule is O=C(O)c1ccccc1SCCN1C(=O)c2ccccc2C1=O. The van der Waals surface area contributed by atoms with Gasteiger partial charge in [-0.3, -0.25) is 14.5 Å². The Morgan fingerprint density at radius 1 is 0.957 bits per heavy atom. The van der Waals surface area contributed by atoms with Gasteiger partial charge in [0.25, 0.3) is 11.8 Å². The van der Waals surface area contributed by atoms with Crippen molar-refractivity contribution in [3.63, 3.8) is 0 Å². The van der Waals surface area contributed by atoms with E-state index in [1.807, 2.05) is 0 Å². The summed E-state index contributed by atoms with van der Waals surface area (Å²) in [5.41, 5.74) is 1.07. The second kappa shape index (κ2) is 6.26. The molecule has 0 unspecified atom stereocenters. The third-order valence-corrected chi connectivity index (χ3v) is 4.62. The number of carboxylic acids is 1. The molecule has 6 heteroatoms. The van der Waals surface area contributed by atoms with Gasteiger partial charge in [0.2, 0.25) is 0 Å². The van der Waals surface area contributed by atoms with Crippen molar-refractivity contribution < 1.29 is 19.5 Å². The minimum Gasteiger partial charge on any atom is -0.478 e. The molecule has 0 saturated carbocycles. The summed E-state index contributed by atoms with van der Waals surface area (Å²) >= 11 is 1.32. The number of carboxylic acid groups (broad SMARTS) is 1. The second-order valence-corrected chi connectivity index (χ2v) is 6.09. The van der Waals surface area contributed by atoms with Gasteiger partial charge in [0.05, 0.1) is 16.7 Å². The number of benzene rings is 2. The Morgan fingerprint density at radius 2 is 1.52 bits per heavy atom. The molecule has 0 saturated heterocycles. The van der Waals surface area contributed by atoms with Gasteiger partial charge in [0.1, 0.15) is 0 Å². The van der Waals surface area contributed by atoms with Crippen LogP contribution in [0.4, 0.5) is 0 Å². The van der Waals surface area contributed by atoms with E-state index in [-0.39, 0.29) is 23.9 Å². The first-order valence-electron chi connectivity index (χ1n) is 7.00. The van der Waals surface area contributed by atoms with Crippen LogP contribution in [-0.4, -0.2) is 40.1 Å². The predicted octanol–water partition coefficient (Wildman–Crippen LogP) is 2.77. The van der Waals surface area contributed by atoms with E-state index in [0.717, 1.165) is 0 Å². The molecule has 0 radical (unpaired) electrons. The lowest BCUT2D eigenvalue weighted by Crippen LogP contribution is -2.31. The summed E-state index contributed by atoms with van der Waals surface area (Å²) in [7, 11) is 0. The molecule has 23 heavy (non-hydrogen) atoms. The highest BCUT2D eigenvalue weighted by molar-refractivity contribution is 7.99. The zero-order chi connectivity index (χ0) is 16.4. The maximum absolute atomic E-state index is 12.2. The zero-order valence-electron chi connectivity index (χ0n) is 12.1. The lowest BCUT2D eigenvalue weighted by Gasteiger charge is -2.13. The van der Waals surface area contributed by atoms with Crippen LogP contribution in [0.5, 0.6) is 0 Å². The number of amides is 2. The van der Waals surface area contributed by atoms with Gasteiger partial charge < -0.3 is 5.11 Å². The standard InChI is InChI=1S/C17H13NO4S/c19-15-11-5-1-2-6-12(11)16(20)18(15)9-10-23-14-8-4-3-7-13(14)17(21)22/h1-8H,9-10H2,(H,21,22). The Morgan fingerprint density at radius 3 is 2.13 bits per heavy atom. The zero-order valence-corrected chi connectivity index (χ0v) is 12.9. The van der Waals surface area contributed by atoms with E-state index in [4.69, 9.17) is 5.11 Å². The molecule has 0 bridgehead atoms. The van der Waals surface area contributed by atoms with Crippen LogP contribution in [0.25, 0.3) is 0 Å². The molecule has 116 valence electrons. The van der Waals surface area contributed by atoms with E-state index in [2.05, 4.69) is 0 Å². The Bertz CT molecular complexity index is 768. The van der Waals surface area contributed by atoms with Crippen LogP contribution < -0.4 is 0 Å². The lowest BCUT2D eigenvalue weighted by atomic mass is 10.1. The molecule has 2 amide bonds. The molecular formula is C17H13NO4S. The summed E-state index contributed by atoms with van der Waals surface area (Å²) in [6.45, 7) is 0.241. The van der Waals surface area contributed by atoms with E-state index in [1.54, 1.807) is 42.5 Å². The summed E-state index contributed by atoms with van der Waals surface area (Å²) in [5.74, 6) is -1.14. The van der Waals surface area contributed by atoms with Crippen LogP contribution in [0.1, 0.15) is 31.1 Å². The number of hydrogen-bond acceptors (Lipinski definition) is 4. The Hall–Kier alpha value is -2.60. The Balaban J connectivity index is 1.68. The summed E-state index contributed by atoms with van der Waals surface area (Å²) in [5, 5.41) is 9.15. The third kappa shape index (κ3) is 2.85. The number of carbonyl (C=O) groups is 3. The van der Waals surface area contributed by atoms with Gasteiger partial charge >= 0.3 is 5.97 Å². The van der Waals surface area contributed by atoms with Gasteiger partial charge in [-0.1, -0.05) is 24.3 Å². The Labute approximate surface area is 136 Å². The van der Waals surface area contributed by atoms with Crippen molar-refractivity contribution in [2.75, 3.05) is 12.3 Å². The van der Waals surface area contributed by atoms with Crippen molar-refractivity contribution in [3.8, 4) is 0 Å². The molecule has 1 heterocycles. The van der Waals surface area contributed by atoms with Crippen LogP contribution in [-0.2, 0) is 0 Å². The normalized spacial score (nSPS) is 13.3. The van der Waals surface area contributed by atoms with Gasteiger partial charge in [0, 0.05) is 17.2 Å². The number of thioether (sulfide) groups is 1. The first kappa shape index (κ1) is 15.3. The third-order valence-electron chi connectivity index (χ3n) is 3.57. The molecule has 0 spiro atoms. The molecule has 0 aromatic heterocycles. The number of carbonyl (C=O) groups excluding carboxylic acids is 2.